The number of carbonyl (C=O) groups excluding carboxylic acids is 1. The van der Waals surface area contributed by atoms with Gasteiger partial charge in [0.15, 0.2) is 5.69 Å². The number of nitrogens with zero attached hydrogens (tertiary/aromatic N) is 2. The van der Waals surface area contributed by atoms with Crippen molar-refractivity contribution in [1.82, 2.24) is 15.1 Å². The molecule has 0 atom stereocenters. The Hall–Kier alpha value is -2.87. The third kappa shape index (κ3) is 3.41. The van der Waals surface area contributed by atoms with Gasteiger partial charge in [-0.2, -0.15) is 5.10 Å². The Labute approximate surface area is 150 Å². The Kier molecular flexibility index (Phi) is 4.94. The van der Waals surface area contributed by atoms with Crippen LogP contribution >= 0.6 is 0 Å². The largest absolute Gasteiger partial charge is 0.497 e. The van der Waals surface area contributed by atoms with E-state index in [4.69, 9.17) is 9.47 Å². The number of benzene rings is 1. The van der Waals surface area contributed by atoms with Gasteiger partial charge in [-0.3, -0.25) is 4.79 Å². The van der Waals surface area contributed by atoms with E-state index in [1.54, 1.807) is 30.0 Å². The minimum Gasteiger partial charge on any atom is -0.497 e. The zero-order valence-electron chi connectivity index (χ0n) is 14.7. The first kappa shape index (κ1) is 17.9. The van der Waals surface area contributed by atoms with Crippen molar-refractivity contribution in [2.45, 2.75) is 25.3 Å². The summed E-state index contributed by atoms with van der Waals surface area (Å²) < 4.78 is 12.0. The van der Waals surface area contributed by atoms with E-state index in [0.717, 1.165) is 17.1 Å². The van der Waals surface area contributed by atoms with E-state index in [1.807, 2.05) is 19.1 Å². The average molecular weight is 359 g/mol. The monoisotopic (exact) mass is 359 g/mol. The maximum Gasteiger partial charge on any atom is 0.329 e. The highest BCUT2D eigenvalue weighted by Gasteiger charge is 2.42. The number of rotatable bonds is 5. The van der Waals surface area contributed by atoms with E-state index in [2.05, 4.69) is 10.4 Å². The molecule has 8 heteroatoms. The van der Waals surface area contributed by atoms with Gasteiger partial charge < -0.3 is 19.9 Å². The van der Waals surface area contributed by atoms with E-state index in [9.17, 15) is 14.7 Å². The molecule has 26 heavy (non-hydrogen) atoms. The number of carboxylic acid groups (broad SMARTS) is 1. The normalized spacial score (nSPS) is 16.1. The molecule has 0 radical (unpaired) electrons. The molecule has 0 bridgehead atoms. The molecule has 2 N–H and O–H groups in total. The SMILES string of the molecule is COc1ccc(-n2nc(C(=O)NC3(C(=O)O)CCOCC3)cc2C)cc1. The molecule has 0 saturated carbocycles. The Morgan fingerprint density at radius 1 is 1.27 bits per heavy atom. The predicted octanol–water partition coefficient (Wildman–Crippen LogP) is 1.55. The van der Waals surface area contributed by atoms with Crippen molar-refractivity contribution < 1.29 is 24.2 Å². The number of methoxy groups -OCH3 is 1. The summed E-state index contributed by atoms with van der Waals surface area (Å²) in [5.41, 5.74) is 0.399. The summed E-state index contributed by atoms with van der Waals surface area (Å²) in [6.07, 6.45) is 0.457. The number of hydrogen-bond donors (Lipinski definition) is 2. The zero-order chi connectivity index (χ0) is 18.7. The van der Waals surface area contributed by atoms with Gasteiger partial charge in [-0.15, -0.1) is 0 Å². The number of ether oxygens (including phenoxy) is 2. The highest BCUT2D eigenvalue weighted by molar-refractivity contribution is 5.96. The zero-order valence-corrected chi connectivity index (χ0v) is 14.7. The van der Waals surface area contributed by atoms with Gasteiger partial charge in [-0.05, 0) is 37.3 Å². The Bertz CT molecular complexity index is 807. The van der Waals surface area contributed by atoms with Gasteiger partial charge >= 0.3 is 5.97 Å². The molecule has 1 saturated heterocycles. The minimum atomic E-state index is -1.31. The Balaban J connectivity index is 1.83. The summed E-state index contributed by atoms with van der Waals surface area (Å²) in [6, 6.07) is 8.90. The van der Waals surface area contributed by atoms with Gasteiger partial charge in [0, 0.05) is 31.7 Å². The Morgan fingerprint density at radius 2 is 1.92 bits per heavy atom. The third-order valence-corrected chi connectivity index (χ3v) is 4.55. The number of carboxylic acids is 1. The van der Waals surface area contributed by atoms with Crippen LogP contribution in [0.2, 0.25) is 0 Å². The summed E-state index contributed by atoms with van der Waals surface area (Å²) in [4.78, 5) is 24.3. The molecule has 3 rings (SSSR count). The molecule has 0 aliphatic carbocycles. The van der Waals surface area contributed by atoms with Crippen LogP contribution in [-0.2, 0) is 9.53 Å². The maximum atomic E-state index is 12.6. The number of nitrogens with one attached hydrogen (secondary N) is 1. The molecule has 0 unspecified atom stereocenters. The summed E-state index contributed by atoms with van der Waals surface area (Å²) in [7, 11) is 1.59. The van der Waals surface area contributed by atoms with Crippen molar-refractivity contribution >= 4 is 11.9 Å². The van der Waals surface area contributed by atoms with Crippen LogP contribution in [0, 0.1) is 6.92 Å². The first-order valence-corrected chi connectivity index (χ1v) is 8.30. The van der Waals surface area contributed by atoms with Crippen molar-refractivity contribution in [3.8, 4) is 11.4 Å². The molecular formula is C18H21N3O5. The Morgan fingerprint density at radius 3 is 2.50 bits per heavy atom. The molecule has 138 valence electrons. The summed E-state index contributed by atoms with van der Waals surface area (Å²) in [5, 5.41) is 16.5. The van der Waals surface area contributed by atoms with Crippen LogP contribution in [0.4, 0.5) is 0 Å². The van der Waals surface area contributed by atoms with Crippen LogP contribution in [0.1, 0.15) is 29.0 Å². The third-order valence-electron chi connectivity index (χ3n) is 4.55. The topological polar surface area (TPSA) is 103 Å². The second-order valence-corrected chi connectivity index (χ2v) is 6.23. The van der Waals surface area contributed by atoms with Gasteiger partial charge in [-0.1, -0.05) is 0 Å². The van der Waals surface area contributed by atoms with E-state index in [-0.39, 0.29) is 18.5 Å². The first-order valence-electron chi connectivity index (χ1n) is 8.30. The van der Waals surface area contributed by atoms with Gasteiger partial charge in [0.05, 0.1) is 12.8 Å². The highest BCUT2D eigenvalue weighted by Crippen LogP contribution is 2.22. The molecule has 1 fully saturated rings. The maximum absolute atomic E-state index is 12.6. The number of carbonyl (C=O) groups is 2. The van der Waals surface area contributed by atoms with Crippen LogP contribution in [0.3, 0.4) is 0 Å². The van der Waals surface area contributed by atoms with Crippen LogP contribution in [0.5, 0.6) is 5.75 Å². The van der Waals surface area contributed by atoms with Crippen LogP contribution in [0.15, 0.2) is 30.3 Å². The number of aliphatic carboxylic acids is 1. The number of hydrogen-bond acceptors (Lipinski definition) is 5. The average Bonchev–Trinajstić information content (AvgIpc) is 3.04. The minimum absolute atomic E-state index is 0.172. The number of amides is 1. The fourth-order valence-electron chi connectivity index (χ4n) is 2.96. The van der Waals surface area contributed by atoms with Crippen molar-refractivity contribution in [1.29, 1.82) is 0 Å². The van der Waals surface area contributed by atoms with Gasteiger partial charge in [0.25, 0.3) is 5.91 Å². The van der Waals surface area contributed by atoms with Crippen molar-refractivity contribution in [2.75, 3.05) is 20.3 Å². The van der Waals surface area contributed by atoms with E-state index in [0.29, 0.717) is 13.2 Å². The molecule has 1 aliphatic rings. The van der Waals surface area contributed by atoms with E-state index < -0.39 is 17.4 Å². The summed E-state index contributed by atoms with van der Waals surface area (Å²) >= 11 is 0. The second kappa shape index (κ2) is 7.17. The fourth-order valence-corrected chi connectivity index (χ4v) is 2.96. The second-order valence-electron chi connectivity index (χ2n) is 6.23. The van der Waals surface area contributed by atoms with Gasteiger partial charge in [0.1, 0.15) is 11.3 Å². The lowest BCUT2D eigenvalue weighted by Crippen LogP contribution is -2.57. The standard InChI is InChI=1S/C18H21N3O5/c1-12-11-15(20-21(12)13-3-5-14(25-2)6-4-13)16(22)19-18(17(23)24)7-9-26-10-8-18/h3-6,11H,7-10H2,1-2H3,(H,19,22)(H,23,24). The molecule has 1 aliphatic heterocycles. The summed E-state index contributed by atoms with van der Waals surface area (Å²) in [6.45, 7) is 2.42. The predicted molar refractivity (Wildman–Crippen MR) is 92.7 cm³/mol. The lowest BCUT2D eigenvalue weighted by Gasteiger charge is -2.33. The molecule has 2 aromatic rings. The van der Waals surface area contributed by atoms with E-state index >= 15 is 0 Å². The molecule has 0 spiro atoms. The van der Waals surface area contributed by atoms with E-state index in [1.165, 1.54) is 0 Å². The molecule has 1 aromatic heterocycles. The van der Waals surface area contributed by atoms with Crippen LogP contribution in [-0.4, -0.2) is 52.6 Å². The van der Waals surface area contributed by atoms with Crippen molar-refractivity contribution in [3.05, 3.63) is 41.7 Å². The molecule has 1 amide bonds. The van der Waals surface area contributed by atoms with Gasteiger partial charge in [-0.25, -0.2) is 9.48 Å². The number of aryl methyl sites for hydroxylation is 1. The van der Waals surface area contributed by atoms with Gasteiger partial charge in [0.2, 0.25) is 0 Å². The van der Waals surface area contributed by atoms with Crippen molar-refractivity contribution in [3.63, 3.8) is 0 Å². The molecule has 8 nitrogen and oxygen atoms in total. The number of aromatic nitrogens is 2. The molecule has 2 heterocycles. The lowest BCUT2D eigenvalue weighted by atomic mass is 9.90. The van der Waals surface area contributed by atoms with Crippen LogP contribution in [0.25, 0.3) is 5.69 Å². The highest BCUT2D eigenvalue weighted by atomic mass is 16.5. The molecule has 1 aromatic carbocycles. The first-order chi connectivity index (χ1) is 12.4. The summed E-state index contributed by atoms with van der Waals surface area (Å²) in [5.74, 6) is -0.843. The van der Waals surface area contributed by atoms with Crippen LogP contribution < -0.4 is 10.1 Å². The quantitative estimate of drug-likeness (QED) is 0.840. The fraction of sp³-hybridized carbons (Fsp3) is 0.389. The van der Waals surface area contributed by atoms with Crippen molar-refractivity contribution in [2.24, 2.45) is 0 Å². The molecular weight excluding hydrogens is 338 g/mol. The lowest BCUT2D eigenvalue weighted by molar-refractivity contribution is -0.148. The smallest absolute Gasteiger partial charge is 0.329 e.